The highest BCUT2D eigenvalue weighted by atomic mass is 16.5. The Morgan fingerprint density at radius 2 is 2.06 bits per heavy atom. The van der Waals surface area contributed by atoms with Crippen LogP contribution in [0.2, 0.25) is 0 Å². The van der Waals surface area contributed by atoms with Crippen LogP contribution in [0.1, 0.15) is 5.56 Å². The lowest BCUT2D eigenvalue weighted by atomic mass is 10.2. The van der Waals surface area contributed by atoms with Gasteiger partial charge in [-0.3, -0.25) is 5.32 Å². The molecular weight excluding hydrogens is 206 g/mol. The molecule has 1 aromatic carbocycles. The summed E-state index contributed by atoms with van der Waals surface area (Å²) < 4.78 is 4.74. The van der Waals surface area contributed by atoms with Gasteiger partial charge in [0, 0.05) is 5.69 Å². The van der Waals surface area contributed by atoms with Crippen LogP contribution in [-0.2, 0) is 4.74 Å². The van der Waals surface area contributed by atoms with Crippen LogP contribution in [-0.4, -0.2) is 24.4 Å². The van der Waals surface area contributed by atoms with Crippen molar-refractivity contribution in [2.45, 2.75) is 6.92 Å². The van der Waals surface area contributed by atoms with Crippen LogP contribution in [0.25, 0.3) is 0 Å². The Morgan fingerprint density at radius 1 is 1.38 bits per heavy atom. The SMILES string of the molecule is Cc1ccc(NC(=O)OCC#CCO)cc1. The van der Waals surface area contributed by atoms with Crippen molar-refractivity contribution in [1.82, 2.24) is 0 Å². The molecule has 1 aromatic rings. The summed E-state index contributed by atoms with van der Waals surface area (Å²) in [4.78, 5) is 11.2. The maximum absolute atomic E-state index is 11.2. The Bertz CT molecular complexity index is 401. The predicted octanol–water partition coefficient (Wildman–Crippen LogP) is 1.54. The van der Waals surface area contributed by atoms with Crippen molar-refractivity contribution in [3.8, 4) is 11.8 Å². The number of nitrogens with one attached hydrogen (secondary N) is 1. The van der Waals surface area contributed by atoms with Gasteiger partial charge in [-0.25, -0.2) is 4.79 Å². The van der Waals surface area contributed by atoms with Gasteiger partial charge in [0.15, 0.2) is 6.61 Å². The Hall–Kier alpha value is -1.99. The Labute approximate surface area is 94.2 Å². The number of aliphatic hydroxyl groups excluding tert-OH is 1. The standard InChI is InChI=1S/C12H13NO3/c1-10-4-6-11(7-5-10)13-12(15)16-9-3-2-8-14/h4-7,14H,8-9H2,1H3,(H,13,15). The molecule has 4 heteroatoms. The van der Waals surface area contributed by atoms with Crippen molar-refractivity contribution >= 4 is 11.8 Å². The minimum absolute atomic E-state index is 0.0295. The van der Waals surface area contributed by atoms with E-state index in [1.807, 2.05) is 19.1 Å². The van der Waals surface area contributed by atoms with Crippen molar-refractivity contribution in [3.63, 3.8) is 0 Å². The fraction of sp³-hybridized carbons (Fsp3) is 0.250. The highest BCUT2D eigenvalue weighted by Gasteiger charge is 2.00. The van der Waals surface area contributed by atoms with Crippen LogP contribution in [0.3, 0.4) is 0 Å². The fourth-order valence-corrected chi connectivity index (χ4v) is 0.999. The molecule has 0 spiro atoms. The average molecular weight is 219 g/mol. The lowest BCUT2D eigenvalue weighted by Crippen LogP contribution is -2.13. The van der Waals surface area contributed by atoms with Crippen molar-refractivity contribution in [3.05, 3.63) is 29.8 Å². The molecule has 1 amide bonds. The first-order valence-corrected chi connectivity index (χ1v) is 4.79. The van der Waals surface area contributed by atoms with Gasteiger partial charge in [0.1, 0.15) is 6.61 Å². The van der Waals surface area contributed by atoms with E-state index in [4.69, 9.17) is 9.84 Å². The second-order valence-electron chi connectivity index (χ2n) is 3.08. The maximum atomic E-state index is 11.2. The van der Waals surface area contributed by atoms with Crippen molar-refractivity contribution < 1.29 is 14.6 Å². The fourth-order valence-electron chi connectivity index (χ4n) is 0.999. The molecular formula is C12H13NO3. The molecule has 0 fully saturated rings. The monoisotopic (exact) mass is 219 g/mol. The zero-order valence-electron chi connectivity index (χ0n) is 8.99. The summed E-state index contributed by atoms with van der Waals surface area (Å²) in [6, 6.07) is 7.36. The first-order chi connectivity index (χ1) is 7.72. The molecule has 1 rings (SSSR count). The molecule has 0 radical (unpaired) electrons. The number of anilines is 1. The van der Waals surface area contributed by atoms with Gasteiger partial charge in [-0.2, -0.15) is 0 Å². The van der Waals surface area contributed by atoms with Crippen LogP contribution in [0.15, 0.2) is 24.3 Å². The number of rotatable bonds is 2. The molecule has 0 heterocycles. The lowest BCUT2D eigenvalue weighted by Gasteiger charge is -2.04. The third kappa shape index (κ3) is 4.49. The number of aliphatic hydroxyl groups is 1. The van der Waals surface area contributed by atoms with Crippen LogP contribution in [0.5, 0.6) is 0 Å². The summed E-state index contributed by atoms with van der Waals surface area (Å²) in [6.45, 7) is 1.70. The second kappa shape index (κ2) is 6.49. The summed E-state index contributed by atoms with van der Waals surface area (Å²) in [5, 5.41) is 10.9. The Kier molecular flexibility index (Phi) is 4.90. The Morgan fingerprint density at radius 3 is 2.69 bits per heavy atom. The minimum atomic E-state index is -0.559. The van der Waals surface area contributed by atoms with Crippen LogP contribution in [0, 0.1) is 18.8 Å². The molecule has 0 unspecified atom stereocenters. The minimum Gasteiger partial charge on any atom is -0.436 e. The highest BCUT2D eigenvalue weighted by molar-refractivity contribution is 5.84. The van der Waals surface area contributed by atoms with Gasteiger partial charge in [-0.1, -0.05) is 29.5 Å². The lowest BCUT2D eigenvalue weighted by molar-refractivity contribution is 0.176. The third-order valence-electron chi connectivity index (χ3n) is 1.78. The first-order valence-electron chi connectivity index (χ1n) is 4.79. The van der Waals surface area contributed by atoms with Crippen LogP contribution in [0.4, 0.5) is 10.5 Å². The van der Waals surface area contributed by atoms with Crippen LogP contribution < -0.4 is 5.32 Å². The normalized spacial score (nSPS) is 8.88. The van der Waals surface area contributed by atoms with Gasteiger partial charge in [-0.15, -0.1) is 0 Å². The van der Waals surface area contributed by atoms with E-state index < -0.39 is 6.09 Å². The molecule has 84 valence electrons. The molecule has 0 atom stereocenters. The number of benzene rings is 1. The number of carbonyl (C=O) groups excluding carboxylic acids is 1. The summed E-state index contributed by atoms with van der Waals surface area (Å²) >= 11 is 0. The number of aryl methyl sites for hydroxylation is 1. The van der Waals surface area contributed by atoms with E-state index in [9.17, 15) is 4.79 Å². The molecule has 0 aliphatic heterocycles. The second-order valence-corrected chi connectivity index (χ2v) is 3.08. The van der Waals surface area contributed by atoms with Gasteiger partial charge in [0.25, 0.3) is 0 Å². The topological polar surface area (TPSA) is 58.6 Å². The van der Waals surface area contributed by atoms with Gasteiger partial charge in [0.05, 0.1) is 0 Å². The van der Waals surface area contributed by atoms with E-state index in [0.717, 1.165) is 5.56 Å². The van der Waals surface area contributed by atoms with E-state index >= 15 is 0 Å². The quantitative estimate of drug-likeness (QED) is 0.742. The van der Waals surface area contributed by atoms with E-state index in [-0.39, 0.29) is 13.2 Å². The van der Waals surface area contributed by atoms with Crippen molar-refractivity contribution in [2.75, 3.05) is 18.5 Å². The average Bonchev–Trinajstić information content (AvgIpc) is 2.28. The largest absolute Gasteiger partial charge is 0.436 e. The zero-order chi connectivity index (χ0) is 11.8. The number of amides is 1. The highest BCUT2D eigenvalue weighted by Crippen LogP contribution is 2.08. The smallest absolute Gasteiger partial charge is 0.412 e. The van der Waals surface area contributed by atoms with Gasteiger partial charge < -0.3 is 9.84 Å². The zero-order valence-corrected chi connectivity index (χ0v) is 8.99. The summed E-state index contributed by atoms with van der Waals surface area (Å²) in [5.74, 6) is 4.85. The van der Waals surface area contributed by atoms with Gasteiger partial charge in [-0.05, 0) is 19.1 Å². The number of carbonyl (C=O) groups is 1. The molecule has 0 bridgehead atoms. The maximum Gasteiger partial charge on any atom is 0.412 e. The van der Waals surface area contributed by atoms with Crippen LogP contribution >= 0.6 is 0 Å². The number of ether oxygens (including phenoxy) is 1. The van der Waals surface area contributed by atoms with Gasteiger partial charge in [0.2, 0.25) is 0 Å². The molecule has 0 aromatic heterocycles. The molecule has 16 heavy (non-hydrogen) atoms. The van der Waals surface area contributed by atoms with Crippen molar-refractivity contribution in [1.29, 1.82) is 0 Å². The predicted molar refractivity (Wildman–Crippen MR) is 61.0 cm³/mol. The summed E-state index contributed by atoms with van der Waals surface area (Å²) in [7, 11) is 0. The summed E-state index contributed by atoms with van der Waals surface area (Å²) in [6.07, 6.45) is -0.559. The van der Waals surface area contributed by atoms with E-state index in [2.05, 4.69) is 17.2 Å². The van der Waals surface area contributed by atoms with E-state index in [1.54, 1.807) is 12.1 Å². The molecule has 0 saturated carbocycles. The van der Waals surface area contributed by atoms with Crippen molar-refractivity contribution in [2.24, 2.45) is 0 Å². The summed E-state index contributed by atoms with van der Waals surface area (Å²) in [5.41, 5.74) is 1.79. The van der Waals surface area contributed by atoms with Gasteiger partial charge >= 0.3 is 6.09 Å². The molecule has 4 nitrogen and oxygen atoms in total. The third-order valence-corrected chi connectivity index (χ3v) is 1.78. The molecule has 2 N–H and O–H groups in total. The number of hydrogen-bond donors (Lipinski definition) is 2. The Balaban J connectivity index is 2.37. The number of hydrogen-bond acceptors (Lipinski definition) is 3. The molecule has 0 aliphatic rings. The van der Waals surface area contributed by atoms with E-state index in [1.165, 1.54) is 0 Å². The van der Waals surface area contributed by atoms with E-state index in [0.29, 0.717) is 5.69 Å². The molecule has 0 saturated heterocycles. The first kappa shape index (κ1) is 12.1. The molecule has 0 aliphatic carbocycles.